The molecule has 1 aliphatic heterocycles. The van der Waals surface area contributed by atoms with Crippen molar-refractivity contribution in [2.45, 2.75) is 50.9 Å². The summed E-state index contributed by atoms with van der Waals surface area (Å²) in [5, 5.41) is 3.37. The molecule has 108 valence electrons. The average molecular weight is 271 g/mol. The summed E-state index contributed by atoms with van der Waals surface area (Å²) in [5.41, 5.74) is 2.91. The first kappa shape index (κ1) is 13.8. The van der Waals surface area contributed by atoms with Gasteiger partial charge in [0.2, 0.25) is 0 Å². The van der Waals surface area contributed by atoms with Gasteiger partial charge in [-0.1, -0.05) is 24.3 Å². The molecule has 1 saturated heterocycles. The topological polar surface area (TPSA) is 29.1 Å². The molecule has 0 aromatic heterocycles. The first-order valence-corrected chi connectivity index (χ1v) is 8.13. The molecular formula is C18H25NO. The Morgan fingerprint density at radius 3 is 2.75 bits per heavy atom. The second-order valence-electron chi connectivity index (χ2n) is 6.43. The van der Waals surface area contributed by atoms with Gasteiger partial charge in [0.25, 0.3) is 0 Å². The van der Waals surface area contributed by atoms with Crippen LogP contribution in [-0.4, -0.2) is 18.9 Å². The number of carbonyl (C=O) groups excluding carboxylic acids is 1. The lowest BCUT2D eigenvalue weighted by atomic mass is 9.79. The van der Waals surface area contributed by atoms with Crippen LogP contribution in [0.25, 0.3) is 0 Å². The van der Waals surface area contributed by atoms with Crippen LogP contribution in [0.4, 0.5) is 0 Å². The summed E-state index contributed by atoms with van der Waals surface area (Å²) in [7, 11) is 0. The highest BCUT2D eigenvalue weighted by molar-refractivity contribution is 5.79. The molecule has 0 amide bonds. The predicted octanol–water partition coefficient (Wildman–Crippen LogP) is 3.46. The van der Waals surface area contributed by atoms with Crippen LogP contribution >= 0.6 is 0 Å². The van der Waals surface area contributed by atoms with E-state index in [1.165, 1.54) is 43.2 Å². The zero-order valence-electron chi connectivity index (χ0n) is 12.2. The van der Waals surface area contributed by atoms with Gasteiger partial charge in [0.05, 0.1) is 0 Å². The number of nitrogens with one attached hydrogen (secondary N) is 1. The van der Waals surface area contributed by atoms with Crippen LogP contribution in [0.5, 0.6) is 0 Å². The fourth-order valence-electron chi connectivity index (χ4n) is 3.83. The molecule has 1 atom stereocenters. The van der Waals surface area contributed by atoms with Crippen molar-refractivity contribution in [2.75, 3.05) is 13.1 Å². The number of ketones is 1. The Kier molecular flexibility index (Phi) is 4.51. The van der Waals surface area contributed by atoms with Gasteiger partial charge >= 0.3 is 0 Å². The van der Waals surface area contributed by atoms with E-state index >= 15 is 0 Å². The van der Waals surface area contributed by atoms with Gasteiger partial charge in [-0.2, -0.15) is 0 Å². The minimum absolute atomic E-state index is 0.481. The second-order valence-corrected chi connectivity index (χ2v) is 6.43. The van der Waals surface area contributed by atoms with Crippen LogP contribution in [0.2, 0.25) is 0 Å². The van der Waals surface area contributed by atoms with Crippen LogP contribution in [0.15, 0.2) is 24.3 Å². The third kappa shape index (κ3) is 3.29. The van der Waals surface area contributed by atoms with E-state index in [0.29, 0.717) is 17.6 Å². The lowest BCUT2D eigenvalue weighted by Crippen LogP contribution is -2.29. The molecule has 2 heteroatoms. The lowest BCUT2D eigenvalue weighted by molar-refractivity contribution is -0.120. The quantitative estimate of drug-likeness (QED) is 0.908. The summed E-state index contributed by atoms with van der Waals surface area (Å²) in [6, 6.07) is 8.71. The van der Waals surface area contributed by atoms with Crippen molar-refractivity contribution in [3.63, 3.8) is 0 Å². The molecular weight excluding hydrogens is 246 g/mol. The molecule has 1 N–H and O–H groups in total. The summed E-state index contributed by atoms with van der Waals surface area (Å²) in [6.07, 6.45) is 7.54. The second kappa shape index (κ2) is 6.53. The van der Waals surface area contributed by atoms with E-state index in [9.17, 15) is 4.79 Å². The first-order chi connectivity index (χ1) is 9.83. The Labute approximate surface area is 122 Å². The minimum atomic E-state index is 0.481. The van der Waals surface area contributed by atoms with Crippen molar-refractivity contribution in [2.24, 2.45) is 5.92 Å². The molecule has 0 saturated carbocycles. The zero-order valence-corrected chi connectivity index (χ0v) is 12.2. The number of fused-ring (bicyclic) bond motifs is 1. The number of carbonyl (C=O) groups is 1. The molecule has 2 nitrogen and oxygen atoms in total. The highest BCUT2D eigenvalue weighted by atomic mass is 16.1. The molecule has 1 unspecified atom stereocenters. The molecule has 20 heavy (non-hydrogen) atoms. The Bertz CT molecular complexity index is 462. The van der Waals surface area contributed by atoms with E-state index in [4.69, 9.17) is 0 Å². The molecule has 2 aliphatic rings. The average Bonchev–Trinajstić information content (AvgIpc) is 2.48. The fraction of sp³-hybridized carbons (Fsp3) is 0.611. The maximum Gasteiger partial charge on any atom is 0.133 e. The number of hydrogen-bond donors (Lipinski definition) is 1. The SMILES string of the molecule is O=C(CC1CCNCC1)CC1CCCc2ccccc21. The fourth-order valence-corrected chi connectivity index (χ4v) is 3.83. The molecule has 0 bridgehead atoms. The van der Waals surface area contributed by atoms with Crippen molar-refractivity contribution < 1.29 is 4.79 Å². The van der Waals surface area contributed by atoms with Gasteiger partial charge in [-0.25, -0.2) is 0 Å². The van der Waals surface area contributed by atoms with Gasteiger partial charge in [-0.15, -0.1) is 0 Å². The Morgan fingerprint density at radius 2 is 1.90 bits per heavy atom. The maximum atomic E-state index is 12.4. The van der Waals surface area contributed by atoms with E-state index < -0.39 is 0 Å². The highest BCUT2D eigenvalue weighted by Crippen LogP contribution is 2.34. The van der Waals surface area contributed by atoms with Crippen LogP contribution in [0, 0.1) is 5.92 Å². The Hall–Kier alpha value is -1.15. The number of aryl methyl sites for hydroxylation is 1. The minimum Gasteiger partial charge on any atom is -0.317 e. The largest absolute Gasteiger partial charge is 0.317 e. The van der Waals surface area contributed by atoms with Crippen molar-refractivity contribution >= 4 is 5.78 Å². The van der Waals surface area contributed by atoms with E-state index in [1.54, 1.807) is 0 Å². The summed E-state index contributed by atoms with van der Waals surface area (Å²) in [5.74, 6) is 1.59. The molecule has 1 fully saturated rings. The number of rotatable bonds is 4. The van der Waals surface area contributed by atoms with Gasteiger partial charge in [-0.05, 0) is 68.2 Å². The number of benzene rings is 1. The molecule has 1 aliphatic carbocycles. The maximum absolute atomic E-state index is 12.4. The summed E-state index contributed by atoms with van der Waals surface area (Å²) in [6.45, 7) is 2.18. The third-order valence-electron chi connectivity index (χ3n) is 4.94. The first-order valence-electron chi connectivity index (χ1n) is 8.13. The van der Waals surface area contributed by atoms with Gasteiger partial charge in [0.15, 0.2) is 0 Å². The highest BCUT2D eigenvalue weighted by Gasteiger charge is 2.24. The van der Waals surface area contributed by atoms with E-state index in [0.717, 1.165) is 25.9 Å². The van der Waals surface area contributed by atoms with E-state index in [1.807, 2.05) is 0 Å². The van der Waals surface area contributed by atoms with Gasteiger partial charge in [0, 0.05) is 12.8 Å². The Morgan fingerprint density at radius 1 is 1.10 bits per heavy atom. The predicted molar refractivity (Wildman–Crippen MR) is 82.0 cm³/mol. The van der Waals surface area contributed by atoms with Crippen molar-refractivity contribution in [1.82, 2.24) is 5.32 Å². The van der Waals surface area contributed by atoms with Crippen molar-refractivity contribution in [3.8, 4) is 0 Å². The van der Waals surface area contributed by atoms with Crippen LogP contribution in [0.3, 0.4) is 0 Å². The lowest BCUT2D eigenvalue weighted by Gasteiger charge is -2.26. The molecule has 1 aromatic carbocycles. The molecule has 1 aromatic rings. The van der Waals surface area contributed by atoms with Crippen LogP contribution in [0.1, 0.15) is 55.6 Å². The third-order valence-corrected chi connectivity index (χ3v) is 4.94. The van der Waals surface area contributed by atoms with Crippen LogP contribution < -0.4 is 5.32 Å². The summed E-state index contributed by atoms with van der Waals surface area (Å²) in [4.78, 5) is 12.4. The standard InChI is InChI=1S/C18H25NO/c20-17(12-14-8-10-19-11-9-14)13-16-6-3-5-15-4-1-2-7-18(15)16/h1-2,4,7,14,16,19H,3,5-6,8-13H2. The molecule has 3 rings (SSSR count). The van der Waals surface area contributed by atoms with Gasteiger partial charge < -0.3 is 5.32 Å². The zero-order chi connectivity index (χ0) is 13.8. The smallest absolute Gasteiger partial charge is 0.133 e. The van der Waals surface area contributed by atoms with Gasteiger partial charge in [0.1, 0.15) is 5.78 Å². The molecule has 0 spiro atoms. The van der Waals surface area contributed by atoms with Crippen molar-refractivity contribution in [1.29, 1.82) is 0 Å². The van der Waals surface area contributed by atoms with Gasteiger partial charge in [-0.3, -0.25) is 4.79 Å². The van der Waals surface area contributed by atoms with E-state index in [2.05, 4.69) is 29.6 Å². The van der Waals surface area contributed by atoms with E-state index in [-0.39, 0.29) is 0 Å². The molecule has 0 radical (unpaired) electrons. The number of piperidine rings is 1. The van der Waals surface area contributed by atoms with Crippen molar-refractivity contribution in [3.05, 3.63) is 35.4 Å². The summed E-state index contributed by atoms with van der Waals surface area (Å²) < 4.78 is 0. The normalized spacial score (nSPS) is 23.3. The summed E-state index contributed by atoms with van der Waals surface area (Å²) >= 11 is 0. The monoisotopic (exact) mass is 271 g/mol. The molecule has 1 heterocycles. The number of Topliss-reactive ketones (excluding diaryl/α,β-unsaturated/α-hetero) is 1. The van der Waals surface area contributed by atoms with Crippen LogP contribution in [-0.2, 0) is 11.2 Å². The number of hydrogen-bond acceptors (Lipinski definition) is 2. The Balaban J connectivity index is 1.59.